The van der Waals surface area contributed by atoms with Gasteiger partial charge >= 0.3 is 5.97 Å². The van der Waals surface area contributed by atoms with Crippen LogP contribution in [0.25, 0.3) is 0 Å². The number of fused-ring (bicyclic) bond motifs is 1. The quantitative estimate of drug-likeness (QED) is 0.199. The van der Waals surface area contributed by atoms with Crippen molar-refractivity contribution in [3.8, 4) is 11.8 Å². The van der Waals surface area contributed by atoms with E-state index < -0.39 is 17.6 Å². The maximum Gasteiger partial charge on any atom is 0.343 e. The number of nitrogens with zero attached hydrogens (tertiary/aromatic N) is 1. The average molecular weight is 494 g/mol. The van der Waals surface area contributed by atoms with Crippen LogP contribution in [0, 0.1) is 40.7 Å². The molecular formula is C31H37F2NO2. The molecule has 2 fully saturated rings. The Bertz CT molecular complexity index is 1050. The first-order chi connectivity index (χ1) is 17.5. The highest BCUT2D eigenvalue weighted by molar-refractivity contribution is 5.91. The lowest BCUT2D eigenvalue weighted by Gasteiger charge is -2.42. The Morgan fingerprint density at radius 2 is 1.61 bits per heavy atom. The molecular weight excluding hydrogens is 456 g/mol. The molecule has 2 aromatic rings. The van der Waals surface area contributed by atoms with E-state index in [4.69, 9.17) is 10.00 Å². The highest BCUT2D eigenvalue weighted by Crippen LogP contribution is 2.49. The third kappa shape index (κ3) is 6.52. The predicted octanol–water partition coefficient (Wildman–Crippen LogP) is 8.72. The number of rotatable bonds is 9. The van der Waals surface area contributed by atoms with E-state index in [0.717, 1.165) is 37.3 Å². The van der Waals surface area contributed by atoms with Crippen molar-refractivity contribution in [3.63, 3.8) is 0 Å². The second-order valence-corrected chi connectivity index (χ2v) is 10.8. The van der Waals surface area contributed by atoms with Gasteiger partial charge in [-0.3, -0.25) is 0 Å². The number of halogens is 2. The first-order valence-electron chi connectivity index (χ1n) is 13.7. The summed E-state index contributed by atoms with van der Waals surface area (Å²) >= 11 is 0. The summed E-state index contributed by atoms with van der Waals surface area (Å²) in [7, 11) is 0. The van der Waals surface area contributed by atoms with E-state index in [9.17, 15) is 4.79 Å². The van der Waals surface area contributed by atoms with E-state index in [-0.39, 0.29) is 22.8 Å². The molecule has 2 aliphatic rings. The molecule has 0 N–H and O–H groups in total. The number of unbranched alkanes of at least 4 members (excludes halogenated alkanes) is 4. The molecule has 192 valence electrons. The van der Waals surface area contributed by atoms with Gasteiger partial charge in [-0.2, -0.15) is 5.26 Å². The summed E-state index contributed by atoms with van der Waals surface area (Å²) in [6.45, 7) is 2.25. The first kappa shape index (κ1) is 26.3. The number of hydrogen-bond acceptors (Lipinski definition) is 3. The van der Waals surface area contributed by atoms with Gasteiger partial charge < -0.3 is 4.74 Å². The summed E-state index contributed by atoms with van der Waals surface area (Å²) in [5.41, 5.74) is 0.412. The predicted molar refractivity (Wildman–Crippen MR) is 137 cm³/mol. The van der Waals surface area contributed by atoms with E-state index in [1.54, 1.807) is 0 Å². The topological polar surface area (TPSA) is 50.1 Å². The fourth-order valence-electron chi connectivity index (χ4n) is 6.40. The SMILES string of the molecule is CCCCCCC[C@H]1CC[C@@H]2CC(c3c(F)cc(C(=O)Oc4ccc(C#N)cc4)cc3F)CC[C@H]2C1. The summed E-state index contributed by atoms with van der Waals surface area (Å²) in [6, 6.07) is 10.2. The number of esters is 1. The van der Waals surface area contributed by atoms with Crippen LogP contribution in [0.15, 0.2) is 36.4 Å². The van der Waals surface area contributed by atoms with Crippen molar-refractivity contribution < 1.29 is 18.3 Å². The number of hydrogen-bond donors (Lipinski definition) is 0. The molecule has 0 bridgehead atoms. The van der Waals surface area contributed by atoms with Crippen LogP contribution in [-0.4, -0.2) is 5.97 Å². The van der Waals surface area contributed by atoms with Gasteiger partial charge in [0.15, 0.2) is 0 Å². The third-order valence-corrected chi connectivity index (χ3v) is 8.35. The zero-order valence-electron chi connectivity index (χ0n) is 21.3. The minimum atomic E-state index is -0.819. The Kier molecular flexibility index (Phi) is 9.13. The smallest absolute Gasteiger partial charge is 0.343 e. The Labute approximate surface area is 213 Å². The van der Waals surface area contributed by atoms with Crippen molar-refractivity contribution in [2.45, 2.75) is 89.9 Å². The van der Waals surface area contributed by atoms with Gasteiger partial charge in [-0.05, 0) is 92.2 Å². The first-order valence-corrected chi connectivity index (χ1v) is 13.7. The van der Waals surface area contributed by atoms with E-state index in [0.29, 0.717) is 17.4 Å². The summed E-state index contributed by atoms with van der Waals surface area (Å²) in [6.07, 6.45) is 14.3. The van der Waals surface area contributed by atoms with Crippen LogP contribution in [0.5, 0.6) is 5.75 Å². The minimum Gasteiger partial charge on any atom is -0.423 e. The molecule has 0 aliphatic heterocycles. The number of ether oxygens (including phenoxy) is 1. The Balaban J connectivity index is 1.34. The van der Waals surface area contributed by atoms with Crippen LogP contribution < -0.4 is 4.74 Å². The average Bonchev–Trinajstić information content (AvgIpc) is 2.88. The molecule has 0 saturated heterocycles. The third-order valence-electron chi connectivity index (χ3n) is 8.35. The van der Waals surface area contributed by atoms with Crippen LogP contribution in [0.3, 0.4) is 0 Å². The van der Waals surface area contributed by atoms with Gasteiger partial charge in [0.05, 0.1) is 17.2 Å². The highest BCUT2D eigenvalue weighted by atomic mass is 19.1. The van der Waals surface area contributed by atoms with Gasteiger partial charge in [-0.25, -0.2) is 13.6 Å². The second-order valence-electron chi connectivity index (χ2n) is 10.8. The normalized spacial score (nSPS) is 23.5. The summed E-state index contributed by atoms with van der Waals surface area (Å²) in [5.74, 6) is -0.0142. The van der Waals surface area contributed by atoms with Crippen molar-refractivity contribution in [1.82, 2.24) is 0 Å². The molecule has 0 aromatic heterocycles. The van der Waals surface area contributed by atoms with E-state index >= 15 is 8.78 Å². The van der Waals surface area contributed by atoms with E-state index in [2.05, 4.69) is 6.92 Å². The van der Waals surface area contributed by atoms with Gasteiger partial charge in [-0.15, -0.1) is 0 Å². The molecule has 2 aliphatic carbocycles. The summed E-state index contributed by atoms with van der Waals surface area (Å²) < 4.78 is 35.5. The van der Waals surface area contributed by atoms with Gasteiger partial charge in [0.25, 0.3) is 0 Å². The largest absolute Gasteiger partial charge is 0.423 e. The Morgan fingerprint density at radius 1 is 0.944 bits per heavy atom. The molecule has 2 aromatic carbocycles. The molecule has 0 spiro atoms. The zero-order valence-corrected chi connectivity index (χ0v) is 21.3. The monoisotopic (exact) mass is 493 g/mol. The standard InChI is InChI=1S/C31H37F2NO2/c1-2-3-4-5-6-7-21-8-11-24-17-25(13-12-23(24)16-21)30-28(32)18-26(19-29(30)33)31(35)36-27-14-9-22(20-34)10-15-27/h9-10,14-15,18-19,21,23-25H,2-8,11-13,16-17H2,1H3/t21-,23-,24+,25?/m0/s1. The molecule has 4 atom stereocenters. The molecule has 1 unspecified atom stereocenters. The maximum atomic E-state index is 15.1. The van der Waals surface area contributed by atoms with Crippen molar-refractivity contribution in [3.05, 3.63) is 64.7 Å². The van der Waals surface area contributed by atoms with Crippen LogP contribution >= 0.6 is 0 Å². The van der Waals surface area contributed by atoms with Crippen LogP contribution in [-0.2, 0) is 0 Å². The van der Waals surface area contributed by atoms with Crippen LogP contribution in [0.4, 0.5) is 8.78 Å². The van der Waals surface area contributed by atoms with Crippen molar-refractivity contribution in [2.75, 3.05) is 0 Å². The molecule has 0 amide bonds. The minimum absolute atomic E-state index is 0.126. The second kappa shape index (κ2) is 12.5. The Morgan fingerprint density at radius 3 is 2.31 bits per heavy atom. The zero-order chi connectivity index (χ0) is 25.5. The molecule has 3 nitrogen and oxygen atoms in total. The van der Waals surface area contributed by atoms with E-state index in [1.807, 2.05) is 6.07 Å². The Hall–Kier alpha value is -2.74. The number of nitriles is 1. The fourth-order valence-corrected chi connectivity index (χ4v) is 6.40. The van der Waals surface area contributed by atoms with Gasteiger partial charge in [0.2, 0.25) is 0 Å². The van der Waals surface area contributed by atoms with Gasteiger partial charge in [0, 0.05) is 5.56 Å². The fraction of sp³-hybridized carbons (Fsp3) is 0.548. The molecule has 2 saturated carbocycles. The van der Waals surface area contributed by atoms with Crippen molar-refractivity contribution >= 4 is 5.97 Å². The molecule has 5 heteroatoms. The molecule has 36 heavy (non-hydrogen) atoms. The summed E-state index contributed by atoms with van der Waals surface area (Å²) in [4.78, 5) is 12.5. The van der Waals surface area contributed by atoms with Crippen LogP contribution in [0.1, 0.15) is 111 Å². The van der Waals surface area contributed by atoms with Gasteiger partial charge in [-0.1, -0.05) is 51.9 Å². The van der Waals surface area contributed by atoms with Crippen molar-refractivity contribution in [1.29, 1.82) is 5.26 Å². The maximum absolute atomic E-state index is 15.1. The number of carbonyl (C=O) groups is 1. The number of benzene rings is 2. The number of carbonyl (C=O) groups excluding carboxylic acids is 1. The van der Waals surface area contributed by atoms with Crippen LogP contribution in [0.2, 0.25) is 0 Å². The van der Waals surface area contributed by atoms with E-state index in [1.165, 1.54) is 82.1 Å². The van der Waals surface area contributed by atoms with Crippen molar-refractivity contribution in [2.24, 2.45) is 17.8 Å². The molecule has 0 heterocycles. The summed E-state index contributed by atoms with van der Waals surface area (Å²) in [5, 5.41) is 8.87. The lowest BCUT2D eigenvalue weighted by Crippen LogP contribution is -2.31. The van der Waals surface area contributed by atoms with Gasteiger partial charge in [0.1, 0.15) is 17.4 Å². The highest BCUT2D eigenvalue weighted by Gasteiger charge is 2.37. The molecule has 0 radical (unpaired) electrons. The molecule has 4 rings (SSSR count). The lowest BCUT2D eigenvalue weighted by molar-refractivity contribution is 0.0733. The lowest BCUT2D eigenvalue weighted by atomic mass is 9.63.